The van der Waals surface area contributed by atoms with E-state index in [0.29, 0.717) is 12.2 Å². The lowest BCUT2D eigenvalue weighted by Gasteiger charge is -2.11. The fourth-order valence-corrected chi connectivity index (χ4v) is 2.24. The average Bonchev–Trinajstić information content (AvgIpc) is 2.48. The van der Waals surface area contributed by atoms with Crippen molar-refractivity contribution in [2.24, 2.45) is 5.73 Å². The zero-order chi connectivity index (χ0) is 16.3. The van der Waals surface area contributed by atoms with E-state index < -0.39 is 0 Å². The van der Waals surface area contributed by atoms with Crippen molar-refractivity contribution in [3.8, 4) is 11.3 Å². The highest BCUT2D eigenvalue weighted by atomic mass is 16.1. The first-order valence-corrected chi connectivity index (χ1v) is 7.48. The van der Waals surface area contributed by atoms with Crippen LogP contribution < -0.4 is 11.3 Å². The maximum Gasteiger partial charge on any atom is 0.277 e. The van der Waals surface area contributed by atoms with Crippen molar-refractivity contribution < 1.29 is 0 Å². The summed E-state index contributed by atoms with van der Waals surface area (Å²) < 4.78 is 1.42. The van der Waals surface area contributed by atoms with Crippen LogP contribution in [0.2, 0.25) is 0 Å². The molecule has 1 heterocycles. The molecule has 0 aliphatic carbocycles. The maximum atomic E-state index is 12.3. The van der Waals surface area contributed by atoms with Crippen molar-refractivity contribution in [1.29, 1.82) is 5.41 Å². The summed E-state index contributed by atoms with van der Waals surface area (Å²) in [4.78, 5) is 12.3. The van der Waals surface area contributed by atoms with Gasteiger partial charge in [0.05, 0.1) is 11.3 Å². The molecule has 0 bridgehead atoms. The Kier molecular flexibility index (Phi) is 4.75. The van der Waals surface area contributed by atoms with Gasteiger partial charge in [-0.2, -0.15) is 5.10 Å². The lowest BCUT2D eigenvalue weighted by atomic mass is 10.0. The number of hydrogen-bond donors (Lipinski definition) is 2. The number of nitrogens with zero attached hydrogens (tertiary/aromatic N) is 2. The van der Waals surface area contributed by atoms with Gasteiger partial charge in [-0.15, -0.1) is 0 Å². The highest BCUT2D eigenvalue weighted by Crippen LogP contribution is 2.20. The fourth-order valence-electron chi connectivity index (χ4n) is 2.24. The van der Waals surface area contributed by atoms with Crippen molar-refractivity contribution in [1.82, 2.24) is 9.78 Å². The molecule has 0 atom stereocenters. The molecule has 5 heteroatoms. The molecule has 5 nitrogen and oxygen atoms in total. The van der Waals surface area contributed by atoms with Gasteiger partial charge in [0.2, 0.25) is 0 Å². The molecular formula is C17H22N4O. The second-order valence-corrected chi connectivity index (χ2v) is 5.54. The van der Waals surface area contributed by atoms with E-state index in [2.05, 4.69) is 18.9 Å². The predicted octanol–water partition coefficient (Wildman–Crippen LogP) is 2.61. The molecule has 0 aliphatic rings. The van der Waals surface area contributed by atoms with Gasteiger partial charge in [0, 0.05) is 12.1 Å². The first-order chi connectivity index (χ1) is 10.4. The molecule has 0 saturated carbocycles. The van der Waals surface area contributed by atoms with Crippen LogP contribution in [0.1, 0.15) is 36.5 Å². The van der Waals surface area contributed by atoms with Crippen LogP contribution in [0.3, 0.4) is 0 Å². The number of amidine groups is 1. The van der Waals surface area contributed by atoms with E-state index in [4.69, 9.17) is 11.1 Å². The molecule has 0 unspecified atom stereocenters. The summed E-state index contributed by atoms with van der Waals surface area (Å²) in [5, 5.41) is 12.1. The molecule has 3 N–H and O–H groups in total. The van der Waals surface area contributed by atoms with Crippen LogP contribution in [0.5, 0.6) is 0 Å². The van der Waals surface area contributed by atoms with E-state index in [-0.39, 0.29) is 17.0 Å². The van der Waals surface area contributed by atoms with Crippen molar-refractivity contribution in [2.75, 3.05) is 0 Å². The van der Waals surface area contributed by atoms with Crippen molar-refractivity contribution in [3.05, 3.63) is 51.3 Å². The molecule has 2 aromatic rings. The smallest absolute Gasteiger partial charge is 0.277 e. The Morgan fingerprint density at radius 2 is 2.00 bits per heavy atom. The third-order valence-corrected chi connectivity index (χ3v) is 3.79. The minimum absolute atomic E-state index is 0.208. The normalized spacial score (nSPS) is 10.7. The number of benzene rings is 1. The quantitative estimate of drug-likeness (QED) is 0.657. The Labute approximate surface area is 130 Å². The topological polar surface area (TPSA) is 84.8 Å². The van der Waals surface area contributed by atoms with E-state index in [1.165, 1.54) is 10.2 Å². The number of nitrogen functional groups attached to an aromatic ring is 1. The van der Waals surface area contributed by atoms with Gasteiger partial charge in [0.15, 0.2) is 0 Å². The van der Waals surface area contributed by atoms with E-state index >= 15 is 0 Å². The van der Waals surface area contributed by atoms with E-state index in [9.17, 15) is 4.79 Å². The Morgan fingerprint density at radius 1 is 1.27 bits per heavy atom. The second-order valence-electron chi connectivity index (χ2n) is 5.54. The molecule has 0 radical (unpaired) electrons. The van der Waals surface area contributed by atoms with Crippen LogP contribution >= 0.6 is 0 Å². The van der Waals surface area contributed by atoms with Crippen molar-refractivity contribution >= 4 is 5.84 Å². The lowest BCUT2D eigenvalue weighted by molar-refractivity contribution is 0.544. The van der Waals surface area contributed by atoms with E-state index in [0.717, 1.165) is 24.0 Å². The molecule has 116 valence electrons. The van der Waals surface area contributed by atoms with Crippen molar-refractivity contribution in [2.45, 2.75) is 40.2 Å². The van der Waals surface area contributed by atoms with Gasteiger partial charge >= 0.3 is 0 Å². The zero-order valence-electron chi connectivity index (χ0n) is 13.3. The van der Waals surface area contributed by atoms with Gasteiger partial charge < -0.3 is 5.73 Å². The van der Waals surface area contributed by atoms with Crippen LogP contribution in [0.15, 0.2) is 29.1 Å². The summed E-state index contributed by atoms with van der Waals surface area (Å²) in [7, 11) is 0. The van der Waals surface area contributed by atoms with Crippen LogP contribution in [0.25, 0.3) is 11.3 Å². The number of nitrogens with one attached hydrogen (secondary N) is 1. The molecule has 2 rings (SSSR count). The summed E-state index contributed by atoms with van der Waals surface area (Å²) in [5.74, 6) is -0.220. The number of hydrogen-bond acceptors (Lipinski definition) is 3. The number of rotatable bonds is 5. The second kappa shape index (κ2) is 6.56. The third kappa shape index (κ3) is 3.24. The SMILES string of the molecule is CCCCn1nc(-c2ccc(C)c(C)c2)cc(C(=N)N)c1=O. The molecule has 1 aromatic carbocycles. The zero-order valence-corrected chi connectivity index (χ0v) is 13.3. The summed E-state index contributed by atoms with van der Waals surface area (Å²) >= 11 is 0. The summed E-state index contributed by atoms with van der Waals surface area (Å²) in [6.45, 7) is 6.69. The van der Waals surface area contributed by atoms with Crippen LogP contribution in [0.4, 0.5) is 0 Å². The Hall–Kier alpha value is -2.43. The van der Waals surface area contributed by atoms with Gasteiger partial charge in [-0.05, 0) is 43.5 Å². The molecule has 0 spiro atoms. The first kappa shape index (κ1) is 15.9. The molecule has 22 heavy (non-hydrogen) atoms. The molecule has 0 fully saturated rings. The van der Waals surface area contributed by atoms with Gasteiger partial charge in [-0.25, -0.2) is 4.68 Å². The summed E-state index contributed by atoms with van der Waals surface area (Å²) in [5.41, 5.74) is 9.43. The van der Waals surface area contributed by atoms with Gasteiger partial charge in [0.1, 0.15) is 5.84 Å². The standard InChI is InChI=1S/C17H22N4O/c1-4-5-8-21-17(22)14(16(18)19)10-15(20-21)13-7-6-11(2)12(3)9-13/h6-7,9-10H,4-5,8H2,1-3H3,(H3,18,19). The Balaban J connectivity index is 2.59. The first-order valence-electron chi connectivity index (χ1n) is 7.48. The minimum Gasteiger partial charge on any atom is -0.384 e. The van der Waals surface area contributed by atoms with Crippen LogP contribution in [0, 0.1) is 19.3 Å². The molecule has 0 amide bonds. The van der Waals surface area contributed by atoms with E-state index in [1.54, 1.807) is 6.07 Å². The van der Waals surface area contributed by atoms with Gasteiger partial charge in [-0.1, -0.05) is 25.5 Å². The summed E-state index contributed by atoms with van der Waals surface area (Å²) in [6.07, 6.45) is 1.83. The lowest BCUT2D eigenvalue weighted by Crippen LogP contribution is -2.31. The van der Waals surface area contributed by atoms with Gasteiger partial charge in [0.25, 0.3) is 5.56 Å². The predicted molar refractivity (Wildman–Crippen MR) is 89.3 cm³/mol. The fraction of sp³-hybridized carbons (Fsp3) is 0.353. The highest BCUT2D eigenvalue weighted by molar-refractivity contribution is 5.95. The van der Waals surface area contributed by atoms with Crippen LogP contribution in [-0.2, 0) is 6.54 Å². The minimum atomic E-state index is -0.298. The Bertz CT molecular complexity index is 762. The molecule has 1 aromatic heterocycles. The third-order valence-electron chi connectivity index (χ3n) is 3.79. The molecule has 0 aliphatic heterocycles. The van der Waals surface area contributed by atoms with E-state index in [1.807, 2.05) is 25.1 Å². The number of aryl methyl sites for hydroxylation is 3. The summed E-state index contributed by atoms with van der Waals surface area (Å²) in [6, 6.07) is 7.65. The van der Waals surface area contributed by atoms with Crippen molar-refractivity contribution in [3.63, 3.8) is 0 Å². The number of unbranched alkanes of at least 4 members (excludes halogenated alkanes) is 1. The average molecular weight is 298 g/mol. The highest BCUT2D eigenvalue weighted by Gasteiger charge is 2.12. The largest absolute Gasteiger partial charge is 0.384 e. The maximum absolute atomic E-state index is 12.3. The Morgan fingerprint density at radius 3 is 2.59 bits per heavy atom. The molecular weight excluding hydrogens is 276 g/mol. The molecule has 0 saturated heterocycles. The van der Waals surface area contributed by atoms with Crippen LogP contribution in [-0.4, -0.2) is 15.6 Å². The number of nitrogens with two attached hydrogens (primary N) is 1. The van der Waals surface area contributed by atoms with Gasteiger partial charge in [-0.3, -0.25) is 10.2 Å². The number of aromatic nitrogens is 2. The monoisotopic (exact) mass is 298 g/mol.